The van der Waals surface area contributed by atoms with Crippen LogP contribution in [0.25, 0.3) is 0 Å². The molecule has 0 N–H and O–H groups in total. The van der Waals surface area contributed by atoms with Gasteiger partial charge >= 0.3 is 0 Å². The van der Waals surface area contributed by atoms with E-state index in [0.717, 1.165) is 57.6 Å². The minimum atomic E-state index is 0.374. The molecule has 0 aromatic carbocycles. The minimum absolute atomic E-state index is 0.374. The van der Waals surface area contributed by atoms with Gasteiger partial charge in [-0.15, -0.1) is 0 Å². The van der Waals surface area contributed by atoms with Crippen LogP contribution in [0, 0.1) is 62.3 Å². The van der Waals surface area contributed by atoms with E-state index in [1.54, 1.807) is 0 Å². The van der Waals surface area contributed by atoms with Gasteiger partial charge in [-0.1, -0.05) is 138 Å². The topological polar surface area (TPSA) is 142 Å². The fraction of sp³-hybridized carbons (Fsp3) is 0.672. The molecular formula is C58H97N11. The highest BCUT2D eigenvalue weighted by Gasteiger charge is 2.18. The number of hydrogen-bond acceptors (Lipinski definition) is 11. The van der Waals surface area contributed by atoms with E-state index in [1.165, 1.54) is 50.5 Å². The molecule has 0 atom stereocenters. The van der Waals surface area contributed by atoms with Gasteiger partial charge in [-0.2, -0.15) is 20.4 Å². The molecule has 0 spiro atoms. The third-order valence-corrected chi connectivity index (χ3v) is 12.0. The van der Waals surface area contributed by atoms with Crippen LogP contribution < -0.4 is 0 Å². The first-order valence-corrected chi connectivity index (χ1v) is 25.9. The molecule has 0 saturated heterocycles. The molecule has 0 aliphatic rings. The van der Waals surface area contributed by atoms with Gasteiger partial charge < -0.3 is 0 Å². The second kappa shape index (κ2) is 28.2. The Hall–Kier alpha value is -4.67. The van der Waals surface area contributed by atoms with Crippen molar-refractivity contribution >= 4 is 0 Å². The van der Waals surface area contributed by atoms with Crippen molar-refractivity contribution in [1.82, 2.24) is 55.3 Å². The normalized spacial score (nSPS) is 11.4. The van der Waals surface area contributed by atoms with Gasteiger partial charge in [0.15, 0.2) is 0 Å². The van der Waals surface area contributed by atoms with Gasteiger partial charge in [0.2, 0.25) is 0 Å². The molecule has 11 nitrogen and oxygen atoms in total. The van der Waals surface area contributed by atoms with Crippen molar-refractivity contribution in [2.24, 2.45) is 0 Å². The summed E-state index contributed by atoms with van der Waals surface area (Å²) in [6.45, 7) is 61.8. The quantitative estimate of drug-likeness (QED) is 0.132. The Morgan fingerprint density at radius 3 is 0.797 bits per heavy atom. The van der Waals surface area contributed by atoms with Crippen LogP contribution in [0.15, 0.2) is 0 Å². The molecule has 0 unspecified atom stereocenters. The van der Waals surface area contributed by atoms with Crippen molar-refractivity contribution in [2.75, 3.05) is 0 Å². The standard InChI is InChI=1S/4C12H20N2.C10H17N3/c1-7(2)11-9(5)12(8(3)4)14-10(6)13-11;2*1-7(2)11-9(5)12(8(3)4)14-13-10(11)6;1-7(2)11-9(5)10(6)13-12(14-11)8(3)4;1-6(2)9-11-8(5)12-10(13-9)7(3)4/h4*7-8H,1-6H3;6-7H,1-5H3. The van der Waals surface area contributed by atoms with Crippen molar-refractivity contribution in [3.05, 3.63) is 108 Å². The third kappa shape index (κ3) is 18.5. The highest BCUT2D eigenvalue weighted by molar-refractivity contribution is 5.36. The molecule has 0 aliphatic carbocycles. The number of aromatic nitrogens is 11. The summed E-state index contributed by atoms with van der Waals surface area (Å²) >= 11 is 0. The van der Waals surface area contributed by atoms with Crippen molar-refractivity contribution in [2.45, 2.75) is 260 Å². The minimum Gasteiger partial charge on any atom is -0.238 e. The van der Waals surface area contributed by atoms with Crippen LogP contribution in [0.1, 0.15) is 306 Å². The molecule has 0 radical (unpaired) electrons. The van der Waals surface area contributed by atoms with E-state index < -0.39 is 0 Å². The van der Waals surface area contributed by atoms with Gasteiger partial charge in [0.1, 0.15) is 29.1 Å². The molecule has 0 bridgehead atoms. The fourth-order valence-electron chi connectivity index (χ4n) is 8.46. The molecule has 0 amide bonds. The second-order valence-electron chi connectivity index (χ2n) is 21.9. The monoisotopic (exact) mass is 948 g/mol. The summed E-state index contributed by atoms with van der Waals surface area (Å²) in [5.41, 5.74) is 17.0. The van der Waals surface area contributed by atoms with Crippen molar-refractivity contribution < 1.29 is 0 Å². The van der Waals surface area contributed by atoms with Crippen LogP contribution >= 0.6 is 0 Å². The summed E-state index contributed by atoms with van der Waals surface area (Å²) < 4.78 is 0. The SMILES string of the molecule is Cc1nc(C(C)C)c(C)c(C(C)C)n1.Cc1nc(C(C)C)nc(C(C)C)c1C.Cc1nc(C(C)C)nc(C(C)C)n1.Cc1nnc(C(C)C)c(C)c1C(C)C.Cc1nnc(C(C)C)c(C)c1C(C)C. The maximum Gasteiger partial charge on any atom is 0.135 e. The van der Waals surface area contributed by atoms with Gasteiger partial charge in [-0.05, 0) is 137 Å². The molecule has 11 heteroatoms. The fourth-order valence-corrected chi connectivity index (χ4v) is 8.46. The molecule has 384 valence electrons. The summed E-state index contributed by atoms with van der Waals surface area (Å²) in [6, 6.07) is 0. The largest absolute Gasteiger partial charge is 0.238 e. The van der Waals surface area contributed by atoms with Gasteiger partial charge in [0.05, 0.1) is 22.8 Å². The lowest BCUT2D eigenvalue weighted by molar-refractivity contribution is 0.681. The smallest absolute Gasteiger partial charge is 0.135 e. The highest BCUT2D eigenvalue weighted by Crippen LogP contribution is 2.28. The summed E-state index contributed by atoms with van der Waals surface area (Å²) in [5.74, 6) is 9.06. The zero-order valence-electron chi connectivity index (χ0n) is 49.2. The number of nitrogens with zero attached hydrogens (tertiary/aromatic N) is 11. The van der Waals surface area contributed by atoms with Crippen LogP contribution in [-0.4, -0.2) is 55.3 Å². The molecular weight excluding hydrogens is 851 g/mol. The number of hydrogen-bond donors (Lipinski definition) is 0. The van der Waals surface area contributed by atoms with Crippen molar-refractivity contribution in [3.8, 4) is 0 Å². The van der Waals surface area contributed by atoms with Gasteiger partial charge in [-0.3, -0.25) is 0 Å². The molecule has 5 heterocycles. The summed E-state index contributed by atoms with van der Waals surface area (Å²) in [4.78, 5) is 31.1. The van der Waals surface area contributed by atoms with Crippen LogP contribution in [0.3, 0.4) is 0 Å². The molecule has 5 aromatic heterocycles. The Morgan fingerprint density at radius 1 is 0.217 bits per heavy atom. The zero-order valence-corrected chi connectivity index (χ0v) is 49.2. The van der Waals surface area contributed by atoms with E-state index in [2.05, 4.69) is 228 Å². The van der Waals surface area contributed by atoms with E-state index in [0.29, 0.717) is 59.2 Å². The first kappa shape index (κ1) is 62.3. The van der Waals surface area contributed by atoms with E-state index in [9.17, 15) is 0 Å². The van der Waals surface area contributed by atoms with E-state index in [4.69, 9.17) is 0 Å². The van der Waals surface area contributed by atoms with Gasteiger partial charge in [0, 0.05) is 40.5 Å². The Balaban J connectivity index is 0.000000431. The van der Waals surface area contributed by atoms with Crippen molar-refractivity contribution in [1.29, 1.82) is 0 Å². The van der Waals surface area contributed by atoms with E-state index in [-0.39, 0.29) is 0 Å². The van der Waals surface area contributed by atoms with Gasteiger partial charge in [0.25, 0.3) is 0 Å². The van der Waals surface area contributed by atoms with E-state index in [1.807, 2.05) is 27.7 Å². The Morgan fingerprint density at radius 2 is 0.507 bits per heavy atom. The summed E-state index contributed by atoms with van der Waals surface area (Å²) in [6.07, 6.45) is 0. The van der Waals surface area contributed by atoms with Gasteiger partial charge in [-0.25, -0.2) is 34.9 Å². The Kier molecular flexibility index (Phi) is 25.5. The molecule has 5 aromatic rings. The Bertz CT molecular complexity index is 2240. The summed E-state index contributed by atoms with van der Waals surface area (Å²) in [7, 11) is 0. The zero-order chi connectivity index (χ0) is 53.5. The average molecular weight is 948 g/mol. The van der Waals surface area contributed by atoms with Crippen LogP contribution in [-0.2, 0) is 0 Å². The van der Waals surface area contributed by atoms with Crippen LogP contribution in [0.2, 0.25) is 0 Å². The molecule has 0 aliphatic heterocycles. The average Bonchev–Trinajstić information content (AvgIpc) is 3.22. The van der Waals surface area contributed by atoms with Crippen molar-refractivity contribution in [3.63, 3.8) is 0 Å². The maximum absolute atomic E-state index is 4.62. The predicted molar refractivity (Wildman–Crippen MR) is 291 cm³/mol. The molecule has 5 rings (SSSR count). The summed E-state index contributed by atoms with van der Waals surface area (Å²) in [5, 5.41) is 17.0. The predicted octanol–water partition coefficient (Wildman–Crippen LogP) is 15.8. The second-order valence-corrected chi connectivity index (χ2v) is 21.9. The molecule has 69 heavy (non-hydrogen) atoms. The highest BCUT2D eigenvalue weighted by atomic mass is 15.1. The lowest BCUT2D eigenvalue weighted by atomic mass is 9.93. The van der Waals surface area contributed by atoms with Crippen LogP contribution in [0.5, 0.6) is 0 Å². The maximum atomic E-state index is 4.62. The first-order chi connectivity index (χ1) is 31.8. The molecule has 0 saturated carbocycles. The Labute approximate surface area is 421 Å². The lowest BCUT2D eigenvalue weighted by Crippen LogP contribution is -2.07. The lowest BCUT2D eigenvalue weighted by Gasteiger charge is -2.16. The number of aryl methyl sites for hydroxylation is 5. The third-order valence-electron chi connectivity index (χ3n) is 12.0. The first-order valence-electron chi connectivity index (χ1n) is 25.9. The molecule has 0 fully saturated rings. The van der Waals surface area contributed by atoms with E-state index >= 15 is 0 Å². The number of rotatable bonds is 10. The van der Waals surface area contributed by atoms with Crippen LogP contribution in [0.4, 0.5) is 0 Å².